The number of hydrogen-bond acceptors (Lipinski definition) is 5. The van der Waals surface area contributed by atoms with E-state index < -0.39 is 14.6 Å². The largest absolute Gasteiger partial charge is 0.375 e. The molecule has 3 aliphatic rings. The molecule has 0 unspecified atom stereocenters. The van der Waals surface area contributed by atoms with E-state index in [1.165, 1.54) is 0 Å². The van der Waals surface area contributed by atoms with Crippen molar-refractivity contribution in [1.82, 2.24) is 9.88 Å². The number of amides is 1. The van der Waals surface area contributed by atoms with Gasteiger partial charge in [-0.05, 0) is 30.9 Å². The van der Waals surface area contributed by atoms with Crippen LogP contribution in [-0.4, -0.2) is 54.4 Å². The van der Waals surface area contributed by atoms with Crippen molar-refractivity contribution in [3.05, 3.63) is 30.1 Å². The zero-order valence-electron chi connectivity index (χ0n) is 14.4. The molecule has 2 saturated heterocycles. The molecule has 0 radical (unpaired) electrons. The average molecular weight is 364 g/mol. The van der Waals surface area contributed by atoms with Gasteiger partial charge in [0.1, 0.15) is 4.75 Å². The fourth-order valence-corrected chi connectivity index (χ4v) is 6.55. The molecule has 136 valence electrons. The molecule has 1 aliphatic carbocycles. The Labute approximate surface area is 148 Å². The Bertz CT molecular complexity index is 759. The molecule has 3 atom stereocenters. The summed E-state index contributed by atoms with van der Waals surface area (Å²) in [6.45, 7) is 3.54. The average Bonchev–Trinajstić information content (AvgIpc) is 3.21. The van der Waals surface area contributed by atoms with E-state index in [0.717, 1.165) is 12.1 Å². The molecule has 0 bridgehead atoms. The second-order valence-corrected chi connectivity index (χ2v) is 10.2. The number of nitrogens with zero attached hydrogens (tertiary/aromatic N) is 2. The van der Waals surface area contributed by atoms with Crippen molar-refractivity contribution in [2.45, 2.75) is 31.1 Å². The third kappa shape index (κ3) is 2.87. The zero-order chi connectivity index (χ0) is 17.7. The van der Waals surface area contributed by atoms with Crippen LogP contribution in [0, 0.1) is 17.8 Å². The summed E-state index contributed by atoms with van der Waals surface area (Å²) in [6, 6.07) is 5.64. The second kappa shape index (κ2) is 6.06. The molecule has 0 N–H and O–H groups in total. The Balaban J connectivity index is 1.38. The summed E-state index contributed by atoms with van der Waals surface area (Å²) in [5, 5.41) is 0. The number of carbonyl (C=O) groups is 1. The second-order valence-electron chi connectivity index (χ2n) is 7.72. The molecule has 2 aliphatic heterocycles. The van der Waals surface area contributed by atoms with Crippen molar-refractivity contribution in [1.29, 1.82) is 0 Å². The summed E-state index contributed by atoms with van der Waals surface area (Å²) < 4.78 is 30.2. The predicted molar refractivity (Wildman–Crippen MR) is 92.4 cm³/mol. The van der Waals surface area contributed by atoms with Gasteiger partial charge in [-0.15, -0.1) is 0 Å². The standard InChI is InChI=1S/C18H24N2O4S/c1-13-8-16(13)17(21)20-11-18(12-20)14(5-7-25(18,22)23)9-24-10-15-4-2-3-6-19-15/h2-4,6,13-14,16H,5,7-12H2,1H3/t13-,14+,16+/m1/s1. The highest BCUT2D eigenvalue weighted by molar-refractivity contribution is 7.93. The van der Waals surface area contributed by atoms with Gasteiger partial charge in [-0.1, -0.05) is 13.0 Å². The lowest BCUT2D eigenvalue weighted by molar-refractivity contribution is -0.139. The van der Waals surface area contributed by atoms with Crippen LogP contribution in [0.5, 0.6) is 0 Å². The fraction of sp³-hybridized carbons (Fsp3) is 0.667. The molecule has 3 heterocycles. The number of ether oxygens (including phenoxy) is 1. The van der Waals surface area contributed by atoms with Gasteiger partial charge in [-0.3, -0.25) is 9.78 Å². The quantitative estimate of drug-likeness (QED) is 0.786. The highest BCUT2D eigenvalue weighted by Crippen LogP contribution is 2.47. The maximum atomic E-state index is 12.6. The molecule has 6 nitrogen and oxygen atoms in total. The van der Waals surface area contributed by atoms with Crippen molar-refractivity contribution < 1.29 is 17.9 Å². The Morgan fingerprint density at radius 1 is 1.40 bits per heavy atom. The summed E-state index contributed by atoms with van der Waals surface area (Å²) in [6.07, 6.45) is 3.27. The number of rotatable bonds is 5. The van der Waals surface area contributed by atoms with E-state index in [9.17, 15) is 13.2 Å². The Morgan fingerprint density at radius 2 is 2.16 bits per heavy atom. The van der Waals surface area contributed by atoms with E-state index in [-0.39, 0.29) is 23.5 Å². The number of likely N-dealkylation sites (tertiary alicyclic amines) is 1. The molecule has 1 saturated carbocycles. The van der Waals surface area contributed by atoms with Gasteiger partial charge in [-0.2, -0.15) is 0 Å². The molecule has 0 aromatic carbocycles. The number of hydrogen-bond donors (Lipinski definition) is 0. The van der Waals surface area contributed by atoms with E-state index in [2.05, 4.69) is 11.9 Å². The van der Waals surface area contributed by atoms with Crippen LogP contribution in [0.15, 0.2) is 24.4 Å². The summed E-state index contributed by atoms with van der Waals surface area (Å²) in [5.74, 6) is 0.851. The van der Waals surface area contributed by atoms with Gasteiger partial charge in [0.25, 0.3) is 0 Å². The van der Waals surface area contributed by atoms with Crippen molar-refractivity contribution >= 4 is 15.7 Å². The van der Waals surface area contributed by atoms with E-state index in [0.29, 0.717) is 38.6 Å². The lowest BCUT2D eigenvalue weighted by Gasteiger charge is -2.50. The number of aromatic nitrogens is 1. The molecule has 1 amide bonds. The number of pyridine rings is 1. The van der Waals surface area contributed by atoms with Gasteiger partial charge in [0.15, 0.2) is 9.84 Å². The van der Waals surface area contributed by atoms with Crippen molar-refractivity contribution in [2.75, 3.05) is 25.4 Å². The minimum Gasteiger partial charge on any atom is -0.375 e. The highest BCUT2D eigenvalue weighted by Gasteiger charge is 2.63. The maximum Gasteiger partial charge on any atom is 0.226 e. The summed E-state index contributed by atoms with van der Waals surface area (Å²) in [4.78, 5) is 18.3. The fourth-order valence-electron chi connectivity index (χ4n) is 4.15. The topological polar surface area (TPSA) is 76.6 Å². The molecule has 1 aromatic rings. The maximum absolute atomic E-state index is 12.6. The Hall–Kier alpha value is -1.47. The SMILES string of the molecule is C[C@@H]1C[C@@H]1C(=O)N1CC2(C1)[C@H](COCc1ccccn1)CCS2(=O)=O. The van der Waals surface area contributed by atoms with Crippen LogP contribution in [0.4, 0.5) is 0 Å². The van der Waals surface area contributed by atoms with Gasteiger partial charge in [0.2, 0.25) is 5.91 Å². The van der Waals surface area contributed by atoms with Crippen LogP contribution in [0.2, 0.25) is 0 Å². The number of sulfone groups is 1. The summed E-state index contributed by atoms with van der Waals surface area (Å²) in [5.41, 5.74) is 0.838. The van der Waals surface area contributed by atoms with Crippen LogP contribution in [-0.2, 0) is 26.0 Å². The molecule has 1 spiro atoms. The van der Waals surface area contributed by atoms with Gasteiger partial charge >= 0.3 is 0 Å². The smallest absolute Gasteiger partial charge is 0.226 e. The van der Waals surface area contributed by atoms with Crippen molar-refractivity contribution in [3.8, 4) is 0 Å². The Morgan fingerprint density at radius 3 is 2.80 bits per heavy atom. The normalized spacial score (nSPS) is 31.7. The van der Waals surface area contributed by atoms with Gasteiger partial charge in [-0.25, -0.2) is 8.42 Å². The predicted octanol–water partition coefficient (Wildman–Crippen LogP) is 1.27. The summed E-state index contributed by atoms with van der Waals surface area (Å²) >= 11 is 0. The zero-order valence-corrected chi connectivity index (χ0v) is 15.2. The molecular weight excluding hydrogens is 340 g/mol. The first-order valence-electron chi connectivity index (χ1n) is 8.92. The lowest BCUT2D eigenvalue weighted by atomic mass is 9.83. The molecule has 25 heavy (non-hydrogen) atoms. The van der Waals surface area contributed by atoms with Crippen LogP contribution in [0.25, 0.3) is 0 Å². The van der Waals surface area contributed by atoms with Crippen molar-refractivity contribution in [3.63, 3.8) is 0 Å². The van der Waals surface area contributed by atoms with Crippen LogP contribution >= 0.6 is 0 Å². The van der Waals surface area contributed by atoms with Gasteiger partial charge in [0, 0.05) is 31.1 Å². The van der Waals surface area contributed by atoms with Crippen LogP contribution in [0.3, 0.4) is 0 Å². The third-order valence-corrected chi connectivity index (χ3v) is 8.65. The van der Waals surface area contributed by atoms with Crippen molar-refractivity contribution in [2.24, 2.45) is 17.8 Å². The molecule has 4 rings (SSSR count). The molecule has 1 aromatic heterocycles. The van der Waals surface area contributed by atoms with E-state index in [1.54, 1.807) is 11.1 Å². The third-order valence-electron chi connectivity index (χ3n) is 6.05. The Kier molecular flexibility index (Phi) is 4.11. The van der Waals surface area contributed by atoms with Crippen LogP contribution < -0.4 is 0 Å². The monoisotopic (exact) mass is 364 g/mol. The van der Waals surface area contributed by atoms with E-state index >= 15 is 0 Å². The highest BCUT2D eigenvalue weighted by atomic mass is 32.2. The first-order chi connectivity index (χ1) is 11.9. The first-order valence-corrected chi connectivity index (χ1v) is 10.6. The van der Waals surface area contributed by atoms with Gasteiger partial charge < -0.3 is 9.64 Å². The minimum absolute atomic E-state index is 0.0399. The first kappa shape index (κ1) is 17.0. The minimum atomic E-state index is -3.17. The number of carbonyl (C=O) groups excluding carboxylic acids is 1. The summed E-state index contributed by atoms with van der Waals surface area (Å²) in [7, 11) is -3.17. The van der Waals surface area contributed by atoms with Gasteiger partial charge in [0.05, 0.1) is 24.7 Å². The molecule has 7 heteroatoms. The molecule has 3 fully saturated rings. The molecular formula is C18H24N2O4S. The lowest BCUT2D eigenvalue weighted by Crippen LogP contribution is -2.69. The van der Waals surface area contributed by atoms with Crippen LogP contribution in [0.1, 0.15) is 25.5 Å². The van der Waals surface area contributed by atoms with E-state index in [4.69, 9.17) is 4.74 Å². The van der Waals surface area contributed by atoms with E-state index in [1.807, 2.05) is 18.2 Å².